The van der Waals surface area contributed by atoms with E-state index in [1.807, 2.05) is 0 Å². The van der Waals surface area contributed by atoms with Gasteiger partial charge in [-0.3, -0.25) is 0 Å². The third-order valence-corrected chi connectivity index (χ3v) is 5.95. The number of nitrogens with one attached hydrogen (secondary N) is 1. The van der Waals surface area contributed by atoms with Crippen molar-refractivity contribution in [3.8, 4) is 0 Å². The Morgan fingerprint density at radius 3 is 2.20 bits per heavy atom. The summed E-state index contributed by atoms with van der Waals surface area (Å²) in [5, 5.41) is 3.64. The molecule has 0 aromatic rings. The van der Waals surface area contributed by atoms with Crippen molar-refractivity contribution in [3.63, 3.8) is 0 Å². The fraction of sp³-hybridized carbons (Fsp3) is 1.00. The number of hydrogen-bond donors (Lipinski definition) is 1. The zero-order valence-corrected chi connectivity index (χ0v) is 10.3. The molecule has 0 spiro atoms. The van der Waals surface area contributed by atoms with Gasteiger partial charge in [0.05, 0.1) is 0 Å². The minimum atomic E-state index is 0.534. The first-order valence-corrected chi connectivity index (χ1v) is 6.47. The molecule has 86 valence electrons. The Morgan fingerprint density at radius 2 is 1.60 bits per heavy atom. The van der Waals surface area contributed by atoms with Gasteiger partial charge in [-0.25, -0.2) is 0 Å². The summed E-state index contributed by atoms with van der Waals surface area (Å²) in [5.74, 6) is 1.86. The van der Waals surface area contributed by atoms with Crippen molar-refractivity contribution in [2.75, 3.05) is 27.2 Å². The first-order chi connectivity index (χ1) is 7.08. The quantitative estimate of drug-likeness (QED) is 0.706. The topological polar surface area (TPSA) is 15.3 Å². The Bertz CT molecular complexity index is 264. The van der Waals surface area contributed by atoms with E-state index in [4.69, 9.17) is 0 Å². The van der Waals surface area contributed by atoms with Crippen molar-refractivity contribution >= 4 is 0 Å². The lowest BCUT2D eigenvalue weighted by Crippen LogP contribution is -2.63. The monoisotopic (exact) mass is 208 g/mol. The predicted octanol–water partition coefficient (Wildman–Crippen LogP) is 1.72. The maximum absolute atomic E-state index is 3.64. The summed E-state index contributed by atoms with van der Waals surface area (Å²) in [4.78, 5) is 2.54. The van der Waals surface area contributed by atoms with Gasteiger partial charge in [0.25, 0.3) is 0 Å². The third kappa shape index (κ3) is 1.13. The summed E-state index contributed by atoms with van der Waals surface area (Å²) in [5.41, 5.74) is 1.19. The molecule has 2 nitrogen and oxygen atoms in total. The molecule has 2 bridgehead atoms. The van der Waals surface area contributed by atoms with Crippen LogP contribution in [0.3, 0.4) is 0 Å². The molecule has 1 N–H and O–H groups in total. The Labute approximate surface area is 93.4 Å². The van der Waals surface area contributed by atoms with Crippen molar-refractivity contribution in [1.29, 1.82) is 0 Å². The molecule has 2 unspecified atom stereocenters. The van der Waals surface area contributed by atoms with Crippen LogP contribution in [0.1, 0.15) is 32.6 Å². The van der Waals surface area contributed by atoms with Gasteiger partial charge in [-0.1, -0.05) is 6.92 Å². The average Bonchev–Trinajstić information content (AvgIpc) is 2.69. The smallest absolute Gasteiger partial charge is 0.0247 e. The van der Waals surface area contributed by atoms with Gasteiger partial charge in [-0.15, -0.1) is 0 Å². The van der Waals surface area contributed by atoms with E-state index in [1.54, 1.807) is 0 Å². The lowest BCUT2D eigenvalue weighted by molar-refractivity contribution is -0.102. The molecule has 3 saturated carbocycles. The van der Waals surface area contributed by atoms with E-state index in [-0.39, 0.29) is 0 Å². The SMILES string of the molecule is CN(C)C12CCC(C)(CC1)C1CNCC12. The van der Waals surface area contributed by atoms with E-state index in [1.165, 1.54) is 38.8 Å². The van der Waals surface area contributed by atoms with Crippen LogP contribution in [0, 0.1) is 17.3 Å². The molecule has 0 aromatic carbocycles. The zero-order chi connectivity index (χ0) is 10.7. The van der Waals surface area contributed by atoms with Gasteiger partial charge in [0.2, 0.25) is 0 Å². The zero-order valence-electron chi connectivity index (χ0n) is 10.3. The van der Waals surface area contributed by atoms with Crippen LogP contribution in [-0.2, 0) is 0 Å². The average molecular weight is 208 g/mol. The van der Waals surface area contributed by atoms with Crippen LogP contribution in [0.5, 0.6) is 0 Å². The standard InChI is InChI=1S/C13H24N2/c1-12-4-6-13(7-5-12,15(2)3)11-9-14-8-10(11)12/h10-11,14H,4-9H2,1-3H3. The summed E-state index contributed by atoms with van der Waals surface area (Å²) in [7, 11) is 4.59. The lowest BCUT2D eigenvalue weighted by atomic mass is 9.48. The normalized spacial score (nSPS) is 53.6. The fourth-order valence-corrected chi connectivity index (χ4v) is 4.75. The second-order valence-electron chi connectivity index (χ2n) is 6.52. The number of nitrogens with zero attached hydrogens (tertiary/aromatic N) is 1. The van der Waals surface area contributed by atoms with Crippen LogP contribution >= 0.6 is 0 Å². The fourth-order valence-electron chi connectivity index (χ4n) is 4.75. The predicted molar refractivity (Wildman–Crippen MR) is 62.8 cm³/mol. The lowest BCUT2D eigenvalue weighted by Gasteiger charge is -2.61. The van der Waals surface area contributed by atoms with Crippen LogP contribution in [-0.4, -0.2) is 37.6 Å². The van der Waals surface area contributed by atoms with Crippen molar-refractivity contribution in [3.05, 3.63) is 0 Å². The first-order valence-electron chi connectivity index (χ1n) is 6.47. The minimum absolute atomic E-state index is 0.534. The van der Waals surface area contributed by atoms with Crippen LogP contribution in [0.4, 0.5) is 0 Å². The van der Waals surface area contributed by atoms with E-state index in [0.717, 1.165) is 11.8 Å². The highest BCUT2D eigenvalue weighted by Crippen LogP contribution is 2.60. The summed E-state index contributed by atoms with van der Waals surface area (Å²) >= 11 is 0. The minimum Gasteiger partial charge on any atom is -0.316 e. The number of rotatable bonds is 1. The molecule has 0 aromatic heterocycles. The highest BCUT2D eigenvalue weighted by molar-refractivity contribution is 5.14. The van der Waals surface area contributed by atoms with Gasteiger partial charge >= 0.3 is 0 Å². The molecule has 0 radical (unpaired) electrons. The Kier molecular flexibility index (Phi) is 2.01. The molecule has 1 heterocycles. The van der Waals surface area contributed by atoms with Crippen molar-refractivity contribution < 1.29 is 0 Å². The summed E-state index contributed by atoms with van der Waals surface area (Å²) in [6, 6.07) is 0. The third-order valence-electron chi connectivity index (χ3n) is 5.95. The van der Waals surface area contributed by atoms with Gasteiger partial charge in [0.15, 0.2) is 0 Å². The summed E-state index contributed by atoms with van der Waals surface area (Å²) in [6.45, 7) is 5.08. The van der Waals surface area contributed by atoms with Gasteiger partial charge < -0.3 is 10.2 Å². The molecular formula is C13H24N2. The maximum Gasteiger partial charge on any atom is 0.0247 e. The molecule has 4 rings (SSSR count). The Hall–Kier alpha value is -0.0800. The molecule has 15 heavy (non-hydrogen) atoms. The molecule has 3 aliphatic carbocycles. The van der Waals surface area contributed by atoms with E-state index >= 15 is 0 Å². The molecule has 4 aliphatic rings. The van der Waals surface area contributed by atoms with Crippen LogP contribution in [0.25, 0.3) is 0 Å². The van der Waals surface area contributed by atoms with E-state index in [2.05, 4.69) is 31.2 Å². The van der Waals surface area contributed by atoms with Crippen LogP contribution in [0.15, 0.2) is 0 Å². The largest absolute Gasteiger partial charge is 0.316 e. The van der Waals surface area contributed by atoms with Gasteiger partial charge in [-0.05, 0) is 63.6 Å². The highest BCUT2D eigenvalue weighted by Gasteiger charge is 2.60. The van der Waals surface area contributed by atoms with Crippen molar-refractivity contribution in [1.82, 2.24) is 10.2 Å². The van der Waals surface area contributed by atoms with Gasteiger partial charge in [0, 0.05) is 12.1 Å². The van der Waals surface area contributed by atoms with Crippen LogP contribution in [0.2, 0.25) is 0 Å². The van der Waals surface area contributed by atoms with Gasteiger partial charge in [0.1, 0.15) is 0 Å². The number of fused-ring (bicyclic) bond motifs is 2. The van der Waals surface area contributed by atoms with E-state index in [9.17, 15) is 0 Å². The Morgan fingerprint density at radius 1 is 1.00 bits per heavy atom. The molecule has 2 heteroatoms. The van der Waals surface area contributed by atoms with Crippen molar-refractivity contribution in [2.45, 2.75) is 38.1 Å². The molecular weight excluding hydrogens is 184 g/mol. The van der Waals surface area contributed by atoms with Crippen LogP contribution < -0.4 is 5.32 Å². The molecule has 2 atom stereocenters. The Balaban J connectivity index is 1.99. The second kappa shape index (κ2) is 2.98. The molecule has 1 saturated heterocycles. The molecule has 1 aliphatic heterocycles. The highest BCUT2D eigenvalue weighted by atomic mass is 15.2. The summed E-state index contributed by atoms with van der Waals surface area (Å²) < 4.78 is 0. The first kappa shape index (κ1) is 10.1. The van der Waals surface area contributed by atoms with Crippen molar-refractivity contribution in [2.24, 2.45) is 17.3 Å². The second-order valence-corrected chi connectivity index (χ2v) is 6.52. The van der Waals surface area contributed by atoms with E-state index < -0.39 is 0 Å². The maximum atomic E-state index is 3.64. The number of hydrogen-bond acceptors (Lipinski definition) is 2. The molecule has 4 fully saturated rings. The summed E-state index contributed by atoms with van der Waals surface area (Å²) in [6.07, 6.45) is 5.76. The van der Waals surface area contributed by atoms with E-state index in [0.29, 0.717) is 11.0 Å². The van der Waals surface area contributed by atoms with Gasteiger partial charge in [-0.2, -0.15) is 0 Å². The molecule has 0 amide bonds.